The smallest absolute Gasteiger partial charge is 0.328 e. The Labute approximate surface area is 271 Å². The van der Waals surface area contributed by atoms with Crippen molar-refractivity contribution < 1.29 is 0 Å². The quantitative estimate of drug-likeness (QED) is 0.176. The summed E-state index contributed by atoms with van der Waals surface area (Å²) in [7, 11) is 0. The van der Waals surface area contributed by atoms with E-state index in [1.807, 2.05) is 6.08 Å². The fourth-order valence-corrected chi connectivity index (χ4v) is 7.25. The second-order valence-corrected chi connectivity index (χ2v) is 11.7. The Balaban J connectivity index is 1.34. The maximum Gasteiger partial charge on any atom is 0.328 e. The fraction of sp³-hybridized carbons (Fsp3) is 0.0233. The highest BCUT2D eigenvalue weighted by Gasteiger charge is 2.36. The number of anilines is 2. The molecular weight excluding hydrogens is 555 g/mol. The lowest BCUT2D eigenvalue weighted by molar-refractivity contribution is 1.11. The zero-order valence-corrected chi connectivity index (χ0v) is 25.8. The minimum atomic E-state index is 0.0296. The van der Waals surface area contributed by atoms with Crippen LogP contribution in [-0.4, -0.2) is 11.4 Å². The molecule has 0 bridgehead atoms. The highest BCUT2D eigenvalue weighted by atomic mass is 15.1. The first kappa shape index (κ1) is 27.7. The molecule has 2 heterocycles. The van der Waals surface area contributed by atoms with E-state index in [1.165, 1.54) is 49.8 Å². The first-order chi connectivity index (χ1) is 22.8. The van der Waals surface area contributed by atoms with Crippen molar-refractivity contribution in [3.05, 3.63) is 176 Å². The van der Waals surface area contributed by atoms with Gasteiger partial charge in [-0.05, 0) is 59.9 Å². The molecule has 1 aliphatic rings. The van der Waals surface area contributed by atoms with Crippen molar-refractivity contribution in [3.63, 3.8) is 0 Å². The maximum atomic E-state index is 4.25. The maximum absolute atomic E-state index is 4.25. The number of benzene rings is 6. The zero-order valence-electron chi connectivity index (χ0n) is 25.8. The molecule has 0 saturated carbocycles. The predicted octanol–water partition coefficient (Wildman–Crippen LogP) is 9.90. The molecule has 6 aromatic carbocycles. The average Bonchev–Trinajstić information content (AvgIpc) is 3.44. The summed E-state index contributed by atoms with van der Waals surface area (Å²) in [5, 5.41) is 1.22. The first-order valence-electron chi connectivity index (χ1n) is 15.9. The molecular formula is C43H33BN2. The molecule has 1 aromatic heterocycles. The number of hydrogen-bond acceptors (Lipinski definition) is 1. The van der Waals surface area contributed by atoms with Crippen LogP contribution >= 0.6 is 0 Å². The molecule has 2 nitrogen and oxygen atoms in total. The van der Waals surface area contributed by atoms with Crippen molar-refractivity contribution in [3.8, 4) is 27.9 Å². The molecule has 0 radical (unpaired) electrons. The number of rotatable bonds is 6. The molecule has 218 valence electrons. The van der Waals surface area contributed by atoms with Crippen LogP contribution < -0.4 is 15.7 Å². The number of nitrogens with zero attached hydrogens (tertiary/aromatic N) is 2. The Bertz CT molecular complexity index is 2260. The highest BCUT2D eigenvalue weighted by Crippen LogP contribution is 2.41. The molecule has 0 saturated heterocycles. The molecule has 0 unspecified atom stereocenters. The molecule has 0 fully saturated rings. The van der Waals surface area contributed by atoms with Gasteiger partial charge in [0.15, 0.2) is 0 Å². The predicted molar refractivity (Wildman–Crippen MR) is 199 cm³/mol. The zero-order chi connectivity index (χ0) is 31.0. The van der Waals surface area contributed by atoms with E-state index < -0.39 is 0 Å². The molecule has 0 aliphatic carbocycles. The van der Waals surface area contributed by atoms with Crippen LogP contribution in [-0.2, 0) is 0 Å². The van der Waals surface area contributed by atoms with Gasteiger partial charge in [0.25, 0.3) is 0 Å². The van der Waals surface area contributed by atoms with Gasteiger partial charge in [-0.25, -0.2) is 0 Å². The van der Waals surface area contributed by atoms with E-state index in [-0.39, 0.29) is 6.85 Å². The standard InChI is InChI=1S/C43H33BN2/c1-3-17-36-38-25-10-14-28-42(38)45(40(36)4-2)41-27-13-9-22-34(41)31-18-16-21-33(30-31)46-43-29-15-11-24-37(43)35-23-8-12-26-39(35)44(46)32-19-6-5-7-20-32/h3-30H,2H2,1H3/b17-3-. The third kappa shape index (κ3) is 4.43. The van der Waals surface area contributed by atoms with Crippen molar-refractivity contribution in [2.75, 3.05) is 4.81 Å². The molecule has 7 aromatic rings. The summed E-state index contributed by atoms with van der Waals surface area (Å²) in [5.41, 5.74) is 14.4. The van der Waals surface area contributed by atoms with E-state index in [0.29, 0.717) is 0 Å². The topological polar surface area (TPSA) is 8.17 Å². The molecule has 0 N–H and O–H groups in total. The SMILES string of the molecule is C=Cc1c(/C=C\C)c2ccccc2n1-c1ccccc1-c1cccc(N2B(c3ccccc3)c3ccccc3-c3ccccc32)c1. The van der Waals surface area contributed by atoms with Gasteiger partial charge in [0.05, 0.1) is 16.9 Å². The van der Waals surface area contributed by atoms with E-state index in [2.05, 4.69) is 187 Å². The van der Waals surface area contributed by atoms with Crippen molar-refractivity contribution in [2.45, 2.75) is 6.92 Å². The van der Waals surface area contributed by atoms with E-state index in [1.54, 1.807) is 0 Å². The molecule has 1 aliphatic heterocycles. The van der Waals surface area contributed by atoms with Crippen LogP contribution in [0.4, 0.5) is 11.4 Å². The van der Waals surface area contributed by atoms with Crippen molar-refractivity contribution in [1.29, 1.82) is 0 Å². The van der Waals surface area contributed by atoms with Crippen LogP contribution in [0.3, 0.4) is 0 Å². The van der Waals surface area contributed by atoms with Gasteiger partial charge in [-0.2, -0.15) is 0 Å². The van der Waals surface area contributed by atoms with Crippen LogP contribution in [0, 0.1) is 0 Å². The van der Waals surface area contributed by atoms with Crippen LogP contribution in [0.2, 0.25) is 0 Å². The summed E-state index contributed by atoms with van der Waals surface area (Å²) in [6.45, 7) is 6.35. The summed E-state index contributed by atoms with van der Waals surface area (Å²) in [5.74, 6) is 0. The summed E-state index contributed by atoms with van der Waals surface area (Å²) in [6, 6.07) is 54.9. The highest BCUT2D eigenvalue weighted by molar-refractivity contribution is 6.90. The van der Waals surface area contributed by atoms with Gasteiger partial charge in [-0.15, -0.1) is 0 Å². The van der Waals surface area contributed by atoms with E-state index in [4.69, 9.17) is 0 Å². The van der Waals surface area contributed by atoms with Gasteiger partial charge in [-0.3, -0.25) is 0 Å². The molecule has 0 amide bonds. The number of fused-ring (bicyclic) bond motifs is 4. The fourth-order valence-electron chi connectivity index (χ4n) is 7.25. The van der Waals surface area contributed by atoms with Gasteiger partial charge in [0.2, 0.25) is 0 Å². The van der Waals surface area contributed by atoms with Crippen molar-refractivity contribution in [1.82, 2.24) is 4.57 Å². The Morgan fingerprint density at radius 3 is 2.09 bits per heavy atom. The minimum Gasteiger partial charge on any atom is -0.376 e. The summed E-state index contributed by atoms with van der Waals surface area (Å²) < 4.78 is 2.36. The van der Waals surface area contributed by atoms with Crippen molar-refractivity contribution >= 4 is 52.2 Å². The van der Waals surface area contributed by atoms with Crippen LogP contribution in [0.15, 0.2) is 164 Å². The monoisotopic (exact) mass is 588 g/mol. The summed E-state index contributed by atoms with van der Waals surface area (Å²) >= 11 is 0. The Morgan fingerprint density at radius 1 is 0.609 bits per heavy atom. The third-order valence-electron chi connectivity index (χ3n) is 9.14. The molecule has 46 heavy (non-hydrogen) atoms. The minimum absolute atomic E-state index is 0.0296. The largest absolute Gasteiger partial charge is 0.376 e. The van der Waals surface area contributed by atoms with E-state index in [9.17, 15) is 0 Å². The average molecular weight is 589 g/mol. The van der Waals surface area contributed by atoms with E-state index in [0.717, 1.165) is 22.6 Å². The number of aromatic nitrogens is 1. The van der Waals surface area contributed by atoms with Gasteiger partial charge < -0.3 is 9.38 Å². The van der Waals surface area contributed by atoms with Crippen molar-refractivity contribution in [2.24, 2.45) is 0 Å². The molecule has 0 spiro atoms. The normalized spacial score (nSPS) is 12.4. The molecule has 3 heteroatoms. The Kier molecular flexibility index (Phi) is 7.00. The lowest BCUT2D eigenvalue weighted by Gasteiger charge is -2.39. The Morgan fingerprint density at radius 2 is 1.28 bits per heavy atom. The van der Waals surface area contributed by atoms with Gasteiger partial charge in [0.1, 0.15) is 0 Å². The number of hydrogen-bond donors (Lipinski definition) is 0. The van der Waals surface area contributed by atoms with Crippen LogP contribution in [0.1, 0.15) is 18.2 Å². The second kappa shape index (κ2) is 11.6. The van der Waals surface area contributed by atoms with Crippen LogP contribution in [0.25, 0.3) is 51.0 Å². The second-order valence-electron chi connectivity index (χ2n) is 11.7. The van der Waals surface area contributed by atoms with E-state index >= 15 is 0 Å². The number of para-hydroxylation sites is 3. The van der Waals surface area contributed by atoms with Crippen LogP contribution in [0.5, 0.6) is 0 Å². The summed E-state index contributed by atoms with van der Waals surface area (Å²) in [6.07, 6.45) is 6.27. The number of allylic oxidation sites excluding steroid dienone is 1. The summed E-state index contributed by atoms with van der Waals surface area (Å²) in [4.78, 5) is 2.52. The van der Waals surface area contributed by atoms with Gasteiger partial charge in [-0.1, -0.05) is 146 Å². The Hall–Kier alpha value is -5.80. The first-order valence-corrected chi connectivity index (χ1v) is 15.9. The third-order valence-corrected chi connectivity index (χ3v) is 9.14. The molecule has 0 atom stereocenters. The molecule has 8 rings (SSSR count). The van der Waals surface area contributed by atoms with Gasteiger partial charge in [0, 0.05) is 33.5 Å². The lowest BCUT2D eigenvalue weighted by Crippen LogP contribution is -2.57. The lowest BCUT2D eigenvalue weighted by atomic mass is 9.46. The van der Waals surface area contributed by atoms with Gasteiger partial charge >= 0.3 is 6.85 Å².